The van der Waals surface area contributed by atoms with Gasteiger partial charge in [0.25, 0.3) is 0 Å². The molecule has 12 heavy (non-hydrogen) atoms. The highest BCUT2D eigenvalue weighted by molar-refractivity contribution is 9.13. The summed E-state index contributed by atoms with van der Waals surface area (Å²) >= 11 is 8.08. The fraction of sp³-hybridized carbons (Fsp3) is 0.125. The summed E-state index contributed by atoms with van der Waals surface area (Å²) in [5.74, 6) is 0.112. The molecule has 0 aliphatic rings. The predicted molar refractivity (Wildman–Crippen MR) is 58.9 cm³/mol. The first-order valence-electron chi connectivity index (χ1n) is 3.24. The summed E-state index contributed by atoms with van der Waals surface area (Å²) in [7, 11) is 0. The Labute approximate surface area is 91.7 Å². The third kappa shape index (κ3) is 2.28. The minimum Gasteiger partial charge on any atom is -0.293 e. The summed E-state index contributed by atoms with van der Waals surface area (Å²) in [6.07, 6.45) is 2.02. The minimum absolute atomic E-state index is 0.112. The van der Waals surface area contributed by atoms with E-state index >= 15 is 0 Å². The number of ketones is 1. The number of hydrogen-bond acceptors (Lipinski definition) is 2. The molecule has 0 radical (unpaired) electrons. The van der Waals surface area contributed by atoms with Gasteiger partial charge < -0.3 is 0 Å². The lowest BCUT2D eigenvalue weighted by atomic mass is 10.2. The van der Waals surface area contributed by atoms with Gasteiger partial charge in [-0.15, -0.1) is 17.9 Å². The van der Waals surface area contributed by atoms with Gasteiger partial charge in [-0.2, -0.15) is 0 Å². The van der Waals surface area contributed by atoms with Crippen LogP contribution in [-0.4, -0.2) is 5.78 Å². The highest BCUT2D eigenvalue weighted by atomic mass is 79.9. The van der Waals surface area contributed by atoms with Crippen LogP contribution in [0.5, 0.6) is 0 Å². The van der Waals surface area contributed by atoms with E-state index in [1.54, 1.807) is 6.08 Å². The SMILES string of the molecule is C=CCC(=O)c1cc(Br)c(Br)s1. The van der Waals surface area contributed by atoms with E-state index in [-0.39, 0.29) is 5.78 Å². The summed E-state index contributed by atoms with van der Waals surface area (Å²) in [5, 5.41) is 0. The van der Waals surface area contributed by atoms with Crippen molar-refractivity contribution in [2.45, 2.75) is 6.42 Å². The van der Waals surface area contributed by atoms with Crippen LogP contribution in [0.1, 0.15) is 16.1 Å². The number of Topliss-reactive ketones (excluding diaryl/α,β-unsaturated/α-hetero) is 1. The lowest BCUT2D eigenvalue weighted by Gasteiger charge is -1.88. The van der Waals surface area contributed by atoms with Crippen molar-refractivity contribution in [1.29, 1.82) is 0 Å². The first kappa shape index (κ1) is 10.2. The molecule has 0 unspecified atom stereocenters. The number of carbonyl (C=O) groups is 1. The van der Waals surface area contributed by atoms with E-state index in [2.05, 4.69) is 38.4 Å². The number of hydrogen-bond donors (Lipinski definition) is 0. The molecule has 0 atom stereocenters. The average Bonchev–Trinajstić information content (AvgIpc) is 2.33. The third-order valence-corrected chi connectivity index (χ3v) is 4.55. The number of allylic oxidation sites excluding steroid dienone is 1. The van der Waals surface area contributed by atoms with E-state index in [1.807, 2.05) is 6.07 Å². The Morgan fingerprint density at radius 2 is 2.33 bits per heavy atom. The summed E-state index contributed by atoms with van der Waals surface area (Å²) < 4.78 is 1.88. The second-order valence-corrected chi connectivity index (χ2v) is 5.37. The van der Waals surface area contributed by atoms with E-state index in [4.69, 9.17) is 0 Å². The van der Waals surface area contributed by atoms with Gasteiger partial charge in [0.15, 0.2) is 5.78 Å². The van der Waals surface area contributed by atoms with Crippen molar-refractivity contribution >= 4 is 49.0 Å². The number of carbonyl (C=O) groups excluding carboxylic acids is 1. The molecule has 0 amide bonds. The molecule has 1 rings (SSSR count). The van der Waals surface area contributed by atoms with Gasteiger partial charge in [-0.3, -0.25) is 4.79 Å². The van der Waals surface area contributed by atoms with Crippen molar-refractivity contribution in [3.8, 4) is 0 Å². The number of thiophene rings is 1. The number of rotatable bonds is 3. The Kier molecular flexibility index (Phi) is 3.68. The molecule has 1 aromatic heterocycles. The van der Waals surface area contributed by atoms with Crippen LogP contribution in [0, 0.1) is 0 Å². The Hall–Kier alpha value is 0.0700. The summed E-state index contributed by atoms with van der Waals surface area (Å²) in [4.78, 5) is 12.1. The summed E-state index contributed by atoms with van der Waals surface area (Å²) in [5.41, 5.74) is 0. The monoisotopic (exact) mass is 308 g/mol. The molecule has 0 bridgehead atoms. The summed E-state index contributed by atoms with van der Waals surface area (Å²) in [6, 6.07) is 1.82. The molecule has 4 heteroatoms. The van der Waals surface area contributed by atoms with E-state index in [0.29, 0.717) is 6.42 Å². The fourth-order valence-electron chi connectivity index (χ4n) is 0.716. The first-order valence-corrected chi connectivity index (χ1v) is 5.64. The Bertz CT molecular complexity index is 297. The van der Waals surface area contributed by atoms with Crippen molar-refractivity contribution in [3.05, 3.63) is 31.9 Å². The molecule has 0 fully saturated rings. The maximum absolute atomic E-state index is 11.3. The van der Waals surface area contributed by atoms with Gasteiger partial charge in [0, 0.05) is 10.9 Å². The van der Waals surface area contributed by atoms with Crippen LogP contribution in [0.3, 0.4) is 0 Å². The number of halogens is 2. The largest absolute Gasteiger partial charge is 0.293 e. The van der Waals surface area contributed by atoms with Crippen molar-refractivity contribution in [2.75, 3.05) is 0 Å². The smallest absolute Gasteiger partial charge is 0.176 e. The quantitative estimate of drug-likeness (QED) is 0.608. The van der Waals surface area contributed by atoms with Gasteiger partial charge in [-0.25, -0.2) is 0 Å². The molecule has 1 heterocycles. The van der Waals surface area contributed by atoms with E-state index in [9.17, 15) is 4.79 Å². The maximum Gasteiger partial charge on any atom is 0.176 e. The zero-order valence-corrected chi connectivity index (χ0v) is 10.1. The molecule has 0 aromatic carbocycles. The lowest BCUT2D eigenvalue weighted by Crippen LogP contribution is -1.91. The summed E-state index contributed by atoms with van der Waals surface area (Å²) in [6.45, 7) is 3.52. The Morgan fingerprint density at radius 1 is 1.67 bits per heavy atom. The van der Waals surface area contributed by atoms with Gasteiger partial charge in [0.2, 0.25) is 0 Å². The second kappa shape index (κ2) is 4.35. The lowest BCUT2D eigenvalue weighted by molar-refractivity contribution is 0.1000. The molecular weight excluding hydrogens is 304 g/mol. The standard InChI is InChI=1S/C8H6Br2OS/c1-2-3-6(11)7-4-5(9)8(10)12-7/h2,4H,1,3H2. The van der Waals surface area contributed by atoms with Crippen molar-refractivity contribution < 1.29 is 4.79 Å². The molecule has 0 N–H and O–H groups in total. The molecule has 0 saturated heterocycles. The highest BCUT2D eigenvalue weighted by Crippen LogP contribution is 2.32. The first-order chi connectivity index (χ1) is 5.65. The van der Waals surface area contributed by atoms with Crippen molar-refractivity contribution in [1.82, 2.24) is 0 Å². The minimum atomic E-state index is 0.112. The van der Waals surface area contributed by atoms with Gasteiger partial charge in [0.05, 0.1) is 8.66 Å². The van der Waals surface area contributed by atoms with Crippen LogP contribution >= 0.6 is 43.2 Å². The van der Waals surface area contributed by atoms with Crippen LogP contribution < -0.4 is 0 Å². The van der Waals surface area contributed by atoms with Gasteiger partial charge in [-0.1, -0.05) is 6.08 Å². The molecule has 0 aliphatic carbocycles. The predicted octanol–water partition coefficient (Wildman–Crippen LogP) is 4.03. The van der Waals surface area contributed by atoms with Crippen LogP contribution in [0.4, 0.5) is 0 Å². The molecule has 0 spiro atoms. The molecule has 1 aromatic rings. The van der Waals surface area contributed by atoms with Crippen LogP contribution in [0.2, 0.25) is 0 Å². The zero-order chi connectivity index (χ0) is 9.14. The van der Waals surface area contributed by atoms with Crippen LogP contribution in [0.15, 0.2) is 27.0 Å². The second-order valence-electron chi connectivity index (χ2n) is 2.15. The molecule has 64 valence electrons. The van der Waals surface area contributed by atoms with E-state index in [0.717, 1.165) is 13.1 Å². The molecule has 0 saturated carbocycles. The van der Waals surface area contributed by atoms with Crippen LogP contribution in [-0.2, 0) is 0 Å². The molecular formula is C8H6Br2OS. The zero-order valence-electron chi connectivity index (χ0n) is 6.14. The van der Waals surface area contributed by atoms with Gasteiger partial charge in [-0.05, 0) is 37.9 Å². The van der Waals surface area contributed by atoms with Crippen molar-refractivity contribution in [2.24, 2.45) is 0 Å². The van der Waals surface area contributed by atoms with E-state index < -0.39 is 0 Å². The Balaban J connectivity index is 2.88. The fourth-order valence-corrected chi connectivity index (χ4v) is 2.70. The maximum atomic E-state index is 11.3. The molecule has 1 nitrogen and oxygen atoms in total. The highest BCUT2D eigenvalue weighted by Gasteiger charge is 2.09. The topological polar surface area (TPSA) is 17.1 Å². The third-order valence-electron chi connectivity index (χ3n) is 1.25. The van der Waals surface area contributed by atoms with Crippen molar-refractivity contribution in [3.63, 3.8) is 0 Å². The van der Waals surface area contributed by atoms with E-state index in [1.165, 1.54) is 11.3 Å². The van der Waals surface area contributed by atoms with Gasteiger partial charge in [0.1, 0.15) is 0 Å². The van der Waals surface area contributed by atoms with Gasteiger partial charge >= 0.3 is 0 Å². The molecule has 0 aliphatic heterocycles. The average molecular weight is 310 g/mol. The Morgan fingerprint density at radius 3 is 2.75 bits per heavy atom. The van der Waals surface area contributed by atoms with Crippen LogP contribution in [0.25, 0.3) is 0 Å². The normalized spacial score (nSPS) is 9.83.